The molecule has 2 aromatic rings. The van der Waals surface area contributed by atoms with Crippen molar-refractivity contribution in [1.29, 1.82) is 0 Å². The Hall–Kier alpha value is -1.28. The normalized spacial score (nSPS) is 16.9. The number of rotatable bonds is 4. The van der Waals surface area contributed by atoms with Crippen LogP contribution in [0.5, 0.6) is 0 Å². The third-order valence-corrected chi connectivity index (χ3v) is 5.46. The van der Waals surface area contributed by atoms with E-state index in [2.05, 4.69) is 30.2 Å². The molecule has 1 N–H and O–H groups in total. The SMILES string of the molecule is Cc1cc([C@@H](C)NC(=O)c2cnc(C3OCCO3)s2)c(C)s1. The summed E-state index contributed by atoms with van der Waals surface area (Å²) >= 11 is 3.06. The van der Waals surface area contributed by atoms with E-state index in [1.54, 1.807) is 17.5 Å². The molecule has 1 fully saturated rings. The van der Waals surface area contributed by atoms with Gasteiger partial charge in [-0.3, -0.25) is 4.79 Å². The van der Waals surface area contributed by atoms with Crippen LogP contribution in [0.1, 0.15) is 49.3 Å². The van der Waals surface area contributed by atoms with E-state index in [0.717, 1.165) is 0 Å². The van der Waals surface area contributed by atoms with E-state index in [1.165, 1.54) is 26.7 Å². The van der Waals surface area contributed by atoms with Gasteiger partial charge in [0.1, 0.15) is 9.88 Å². The van der Waals surface area contributed by atoms with Crippen molar-refractivity contribution < 1.29 is 14.3 Å². The van der Waals surface area contributed by atoms with Crippen LogP contribution in [-0.4, -0.2) is 24.1 Å². The van der Waals surface area contributed by atoms with Crippen molar-refractivity contribution in [1.82, 2.24) is 10.3 Å². The van der Waals surface area contributed by atoms with E-state index in [9.17, 15) is 4.79 Å². The quantitative estimate of drug-likeness (QED) is 0.928. The summed E-state index contributed by atoms with van der Waals surface area (Å²) in [5, 5.41) is 3.72. The molecule has 1 aliphatic rings. The Labute approximate surface area is 137 Å². The molecule has 0 bridgehead atoms. The minimum Gasteiger partial charge on any atom is -0.345 e. The highest BCUT2D eigenvalue weighted by molar-refractivity contribution is 7.13. The first-order chi connectivity index (χ1) is 10.5. The minimum absolute atomic E-state index is 0.0259. The number of thiazole rings is 1. The number of hydrogen-bond acceptors (Lipinski definition) is 6. The number of aromatic nitrogens is 1. The Morgan fingerprint density at radius 3 is 2.73 bits per heavy atom. The molecule has 0 spiro atoms. The summed E-state index contributed by atoms with van der Waals surface area (Å²) in [6, 6.07) is 2.10. The van der Waals surface area contributed by atoms with Crippen molar-refractivity contribution in [2.24, 2.45) is 0 Å². The number of aryl methyl sites for hydroxylation is 2. The van der Waals surface area contributed by atoms with Crippen LogP contribution >= 0.6 is 22.7 Å². The van der Waals surface area contributed by atoms with Crippen LogP contribution in [0.2, 0.25) is 0 Å². The lowest BCUT2D eigenvalue weighted by molar-refractivity contribution is -0.0442. The van der Waals surface area contributed by atoms with Gasteiger partial charge in [0.2, 0.25) is 6.29 Å². The maximum absolute atomic E-state index is 12.4. The van der Waals surface area contributed by atoms with Crippen LogP contribution < -0.4 is 5.32 Å². The molecule has 3 rings (SSSR count). The van der Waals surface area contributed by atoms with Crippen molar-refractivity contribution in [2.45, 2.75) is 33.1 Å². The van der Waals surface area contributed by atoms with Crippen LogP contribution in [0.3, 0.4) is 0 Å². The molecule has 7 heteroatoms. The van der Waals surface area contributed by atoms with E-state index in [0.29, 0.717) is 23.1 Å². The Morgan fingerprint density at radius 1 is 1.36 bits per heavy atom. The summed E-state index contributed by atoms with van der Waals surface area (Å²) < 4.78 is 10.8. The van der Waals surface area contributed by atoms with Gasteiger partial charge in [0.05, 0.1) is 25.5 Å². The monoisotopic (exact) mass is 338 g/mol. The molecule has 0 aliphatic carbocycles. The molecule has 1 atom stereocenters. The molecule has 1 saturated heterocycles. The lowest BCUT2D eigenvalue weighted by Crippen LogP contribution is -2.26. The number of ether oxygens (including phenoxy) is 2. The zero-order valence-corrected chi connectivity index (χ0v) is 14.3. The predicted molar refractivity (Wildman–Crippen MR) is 86.4 cm³/mol. The first-order valence-corrected chi connectivity index (χ1v) is 8.74. The second kappa shape index (κ2) is 6.45. The van der Waals surface area contributed by atoms with Gasteiger partial charge in [-0.1, -0.05) is 0 Å². The lowest BCUT2D eigenvalue weighted by Gasteiger charge is -2.13. The predicted octanol–water partition coefficient (Wildman–Crippen LogP) is 3.36. The lowest BCUT2D eigenvalue weighted by atomic mass is 10.1. The number of amides is 1. The Kier molecular flexibility index (Phi) is 4.58. The fourth-order valence-corrected chi connectivity index (χ4v) is 4.27. The van der Waals surface area contributed by atoms with Crippen LogP contribution in [0.25, 0.3) is 0 Å². The summed E-state index contributed by atoms with van der Waals surface area (Å²) in [6.45, 7) is 7.29. The zero-order chi connectivity index (χ0) is 15.7. The number of nitrogens with one attached hydrogen (secondary N) is 1. The van der Waals surface area contributed by atoms with Crippen LogP contribution in [0, 0.1) is 13.8 Å². The second-order valence-corrected chi connectivity index (χ2v) is 7.72. The third kappa shape index (κ3) is 3.22. The zero-order valence-electron chi connectivity index (χ0n) is 12.7. The Bertz CT molecular complexity index is 674. The van der Waals surface area contributed by atoms with E-state index < -0.39 is 6.29 Å². The summed E-state index contributed by atoms with van der Waals surface area (Å²) in [5.41, 5.74) is 1.17. The number of nitrogens with zero attached hydrogens (tertiary/aromatic N) is 1. The van der Waals surface area contributed by atoms with Crippen molar-refractivity contribution >= 4 is 28.6 Å². The molecule has 0 saturated carbocycles. The molecule has 22 heavy (non-hydrogen) atoms. The van der Waals surface area contributed by atoms with Crippen LogP contribution in [0.15, 0.2) is 12.3 Å². The van der Waals surface area contributed by atoms with Crippen LogP contribution in [0.4, 0.5) is 0 Å². The van der Waals surface area contributed by atoms with Gasteiger partial charge in [0.15, 0.2) is 0 Å². The van der Waals surface area contributed by atoms with Gasteiger partial charge in [-0.25, -0.2) is 4.98 Å². The molecule has 0 aromatic carbocycles. The number of hydrogen-bond donors (Lipinski definition) is 1. The molecule has 5 nitrogen and oxygen atoms in total. The smallest absolute Gasteiger partial charge is 0.263 e. The molecule has 118 valence electrons. The van der Waals surface area contributed by atoms with Crippen molar-refractivity contribution in [2.75, 3.05) is 13.2 Å². The molecule has 0 unspecified atom stereocenters. The summed E-state index contributed by atoms with van der Waals surface area (Å²) in [5.74, 6) is -0.113. The number of thiophene rings is 1. The first-order valence-electron chi connectivity index (χ1n) is 7.11. The molecular formula is C15H18N2O3S2. The summed E-state index contributed by atoms with van der Waals surface area (Å²) in [6.07, 6.45) is 1.16. The third-order valence-electron chi connectivity index (χ3n) is 3.46. The Balaban J connectivity index is 1.67. The van der Waals surface area contributed by atoms with E-state index >= 15 is 0 Å². The fraction of sp³-hybridized carbons (Fsp3) is 0.467. The molecule has 2 aromatic heterocycles. The maximum Gasteiger partial charge on any atom is 0.263 e. The Morgan fingerprint density at radius 2 is 2.09 bits per heavy atom. The first kappa shape index (κ1) is 15.6. The topological polar surface area (TPSA) is 60.5 Å². The highest BCUT2D eigenvalue weighted by Gasteiger charge is 2.24. The second-order valence-electron chi connectivity index (χ2n) is 5.20. The standard InChI is InChI=1S/C15H18N2O3S2/c1-8-6-11(10(3)21-8)9(2)17-13(18)12-7-16-14(22-12)15-19-4-5-20-15/h6-7,9,15H,4-5H2,1-3H3,(H,17,18)/t9-/m1/s1. The van der Waals surface area contributed by atoms with Gasteiger partial charge in [-0.05, 0) is 32.4 Å². The molecular weight excluding hydrogens is 320 g/mol. The van der Waals surface area contributed by atoms with Crippen LogP contribution in [-0.2, 0) is 9.47 Å². The number of carbonyl (C=O) groups excluding carboxylic acids is 1. The largest absolute Gasteiger partial charge is 0.345 e. The van der Waals surface area contributed by atoms with Gasteiger partial charge in [0, 0.05) is 9.75 Å². The van der Waals surface area contributed by atoms with Gasteiger partial charge in [0.25, 0.3) is 5.91 Å². The summed E-state index contributed by atoms with van der Waals surface area (Å²) in [7, 11) is 0. The van der Waals surface area contributed by atoms with Crippen molar-refractivity contribution in [3.8, 4) is 0 Å². The number of carbonyl (C=O) groups is 1. The molecule has 3 heterocycles. The van der Waals surface area contributed by atoms with Gasteiger partial charge < -0.3 is 14.8 Å². The highest BCUT2D eigenvalue weighted by atomic mass is 32.1. The van der Waals surface area contributed by atoms with Crippen molar-refractivity contribution in [3.63, 3.8) is 0 Å². The van der Waals surface area contributed by atoms with Crippen molar-refractivity contribution in [3.05, 3.63) is 37.5 Å². The van der Waals surface area contributed by atoms with E-state index in [1.807, 2.05) is 6.92 Å². The summed E-state index contributed by atoms with van der Waals surface area (Å²) in [4.78, 5) is 19.7. The average Bonchev–Trinajstić information content (AvgIpc) is 3.17. The average molecular weight is 338 g/mol. The fourth-order valence-electron chi connectivity index (χ4n) is 2.43. The maximum atomic E-state index is 12.4. The highest BCUT2D eigenvalue weighted by Crippen LogP contribution is 2.29. The molecule has 1 amide bonds. The van der Waals surface area contributed by atoms with Gasteiger partial charge in [-0.15, -0.1) is 22.7 Å². The van der Waals surface area contributed by atoms with Gasteiger partial charge in [-0.2, -0.15) is 0 Å². The van der Waals surface area contributed by atoms with Gasteiger partial charge >= 0.3 is 0 Å². The molecule has 1 aliphatic heterocycles. The molecule has 0 radical (unpaired) electrons. The van der Waals surface area contributed by atoms with E-state index in [-0.39, 0.29) is 11.9 Å². The van der Waals surface area contributed by atoms with E-state index in [4.69, 9.17) is 9.47 Å². The minimum atomic E-state index is -0.425.